The van der Waals surface area contributed by atoms with Crippen molar-refractivity contribution in [3.8, 4) is 0 Å². The van der Waals surface area contributed by atoms with E-state index in [1.165, 1.54) is 5.56 Å². The Bertz CT molecular complexity index is 251. The van der Waals surface area contributed by atoms with Crippen molar-refractivity contribution in [2.24, 2.45) is 5.84 Å². The van der Waals surface area contributed by atoms with Gasteiger partial charge in [0.2, 0.25) is 0 Å². The molecule has 0 heterocycles. The van der Waals surface area contributed by atoms with Crippen molar-refractivity contribution < 1.29 is 4.74 Å². The topological polar surface area (TPSA) is 47.3 Å². The van der Waals surface area contributed by atoms with Gasteiger partial charge in [-0.05, 0) is 25.3 Å². The molecule has 0 aliphatic rings. The van der Waals surface area contributed by atoms with Crippen LogP contribution in [0.2, 0.25) is 0 Å². The largest absolute Gasteiger partial charge is 0.380 e. The van der Waals surface area contributed by atoms with Gasteiger partial charge >= 0.3 is 0 Å². The summed E-state index contributed by atoms with van der Waals surface area (Å²) in [7, 11) is 0. The van der Waals surface area contributed by atoms with E-state index in [0.717, 1.165) is 19.4 Å². The number of aryl methyl sites for hydroxylation is 1. The van der Waals surface area contributed by atoms with Gasteiger partial charge < -0.3 is 4.74 Å². The van der Waals surface area contributed by atoms with E-state index in [1.807, 2.05) is 13.0 Å². The minimum absolute atomic E-state index is 0.241. The Labute approximate surface area is 91.6 Å². The van der Waals surface area contributed by atoms with Crippen molar-refractivity contribution in [2.45, 2.75) is 25.8 Å². The van der Waals surface area contributed by atoms with Gasteiger partial charge in [-0.25, -0.2) is 0 Å². The maximum Gasteiger partial charge on any atom is 0.0633 e. The molecule has 0 saturated heterocycles. The monoisotopic (exact) mass is 208 g/mol. The molecule has 0 aromatic heterocycles. The Morgan fingerprint density at radius 3 is 2.67 bits per heavy atom. The highest BCUT2D eigenvalue weighted by Crippen LogP contribution is 2.04. The summed E-state index contributed by atoms with van der Waals surface area (Å²) < 4.78 is 5.33. The molecule has 0 bridgehead atoms. The zero-order chi connectivity index (χ0) is 10.9. The third-order valence-corrected chi connectivity index (χ3v) is 2.38. The molecule has 3 heteroatoms. The molecule has 0 amide bonds. The lowest BCUT2D eigenvalue weighted by Crippen LogP contribution is -2.39. The smallest absolute Gasteiger partial charge is 0.0633 e. The van der Waals surface area contributed by atoms with Crippen LogP contribution in [0.5, 0.6) is 0 Å². The predicted molar refractivity (Wildman–Crippen MR) is 62.4 cm³/mol. The van der Waals surface area contributed by atoms with Crippen molar-refractivity contribution in [2.75, 3.05) is 13.2 Å². The highest BCUT2D eigenvalue weighted by molar-refractivity contribution is 5.14. The second-order valence-corrected chi connectivity index (χ2v) is 3.55. The van der Waals surface area contributed by atoms with Crippen LogP contribution in [-0.2, 0) is 11.2 Å². The van der Waals surface area contributed by atoms with Gasteiger partial charge in [-0.1, -0.05) is 30.3 Å². The van der Waals surface area contributed by atoms with Gasteiger partial charge in [-0.15, -0.1) is 0 Å². The minimum atomic E-state index is 0.241. The zero-order valence-corrected chi connectivity index (χ0v) is 9.28. The van der Waals surface area contributed by atoms with Gasteiger partial charge in [0, 0.05) is 12.6 Å². The number of nitrogens with one attached hydrogen (secondary N) is 1. The molecule has 1 rings (SSSR count). The fourth-order valence-corrected chi connectivity index (χ4v) is 1.46. The van der Waals surface area contributed by atoms with Crippen LogP contribution in [-0.4, -0.2) is 19.3 Å². The van der Waals surface area contributed by atoms with Crippen molar-refractivity contribution in [3.63, 3.8) is 0 Å². The maximum atomic E-state index is 5.45. The normalized spacial score (nSPS) is 12.7. The summed E-state index contributed by atoms with van der Waals surface area (Å²) in [5.74, 6) is 5.45. The Kier molecular flexibility index (Phi) is 6.00. The molecule has 3 nitrogen and oxygen atoms in total. The molecule has 1 atom stereocenters. The SMILES string of the molecule is CCOCC(CCc1ccccc1)NN. The summed E-state index contributed by atoms with van der Waals surface area (Å²) in [4.78, 5) is 0. The average Bonchev–Trinajstić information content (AvgIpc) is 2.31. The number of rotatable bonds is 7. The molecule has 15 heavy (non-hydrogen) atoms. The summed E-state index contributed by atoms with van der Waals surface area (Å²) in [5, 5.41) is 0. The fraction of sp³-hybridized carbons (Fsp3) is 0.500. The molecule has 0 aliphatic carbocycles. The first-order chi connectivity index (χ1) is 7.36. The number of nitrogens with two attached hydrogens (primary N) is 1. The third kappa shape index (κ3) is 4.93. The number of hydrogen-bond acceptors (Lipinski definition) is 3. The van der Waals surface area contributed by atoms with Crippen molar-refractivity contribution in [3.05, 3.63) is 35.9 Å². The first-order valence-electron chi connectivity index (χ1n) is 5.44. The van der Waals surface area contributed by atoms with Crippen molar-refractivity contribution >= 4 is 0 Å². The van der Waals surface area contributed by atoms with Gasteiger partial charge in [0.05, 0.1) is 6.61 Å². The van der Waals surface area contributed by atoms with Crippen LogP contribution in [0.3, 0.4) is 0 Å². The van der Waals surface area contributed by atoms with Gasteiger partial charge in [0.1, 0.15) is 0 Å². The van der Waals surface area contributed by atoms with E-state index in [1.54, 1.807) is 0 Å². The summed E-state index contributed by atoms with van der Waals surface area (Å²) in [6, 6.07) is 10.7. The summed E-state index contributed by atoms with van der Waals surface area (Å²) in [6.45, 7) is 3.41. The molecule has 3 N–H and O–H groups in total. The van der Waals surface area contributed by atoms with E-state index in [4.69, 9.17) is 10.6 Å². The predicted octanol–water partition coefficient (Wildman–Crippen LogP) is 1.49. The summed E-state index contributed by atoms with van der Waals surface area (Å²) >= 11 is 0. The van der Waals surface area contributed by atoms with Gasteiger partial charge in [0.25, 0.3) is 0 Å². The van der Waals surface area contributed by atoms with Crippen LogP contribution in [0.4, 0.5) is 0 Å². The molecule has 84 valence electrons. The first-order valence-corrected chi connectivity index (χ1v) is 5.44. The number of hydrazine groups is 1. The lowest BCUT2D eigenvalue weighted by molar-refractivity contribution is 0.120. The Morgan fingerprint density at radius 1 is 1.33 bits per heavy atom. The van der Waals surface area contributed by atoms with Crippen LogP contribution >= 0.6 is 0 Å². The standard InChI is InChI=1S/C12H20N2O/c1-2-15-10-12(14-13)9-8-11-6-4-3-5-7-11/h3-7,12,14H,2,8-10,13H2,1H3. The number of ether oxygens (including phenoxy) is 1. The quantitative estimate of drug-likeness (QED) is 0.527. The highest BCUT2D eigenvalue weighted by Gasteiger charge is 2.05. The van der Waals surface area contributed by atoms with Crippen molar-refractivity contribution in [1.29, 1.82) is 0 Å². The van der Waals surface area contributed by atoms with Gasteiger partial charge in [-0.3, -0.25) is 11.3 Å². The van der Waals surface area contributed by atoms with Gasteiger partial charge in [-0.2, -0.15) is 0 Å². The molecule has 1 unspecified atom stereocenters. The molecule has 0 fully saturated rings. The first kappa shape index (κ1) is 12.2. The second-order valence-electron chi connectivity index (χ2n) is 3.55. The van der Waals surface area contributed by atoms with E-state index >= 15 is 0 Å². The maximum absolute atomic E-state index is 5.45. The molecule has 0 radical (unpaired) electrons. The Hall–Kier alpha value is -0.900. The summed E-state index contributed by atoms with van der Waals surface area (Å²) in [5.41, 5.74) is 4.12. The van der Waals surface area contributed by atoms with E-state index in [9.17, 15) is 0 Å². The number of benzene rings is 1. The van der Waals surface area contributed by atoms with Crippen LogP contribution < -0.4 is 11.3 Å². The average molecular weight is 208 g/mol. The molecular formula is C12H20N2O. The molecule has 0 saturated carbocycles. The molecule has 1 aromatic rings. The van der Waals surface area contributed by atoms with Crippen LogP contribution in [0.1, 0.15) is 18.9 Å². The number of hydrogen-bond donors (Lipinski definition) is 2. The fourth-order valence-electron chi connectivity index (χ4n) is 1.46. The third-order valence-electron chi connectivity index (χ3n) is 2.38. The van der Waals surface area contributed by atoms with E-state index in [2.05, 4.69) is 29.7 Å². The van der Waals surface area contributed by atoms with Crippen LogP contribution in [0.25, 0.3) is 0 Å². The van der Waals surface area contributed by atoms with Crippen molar-refractivity contribution in [1.82, 2.24) is 5.43 Å². The molecule has 0 aliphatic heterocycles. The molecular weight excluding hydrogens is 188 g/mol. The summed E-state index contributed by atoms with van der Waals surface area (Å²) in [6.07, 6.45) is 2.03. The lowest BCUT2D eigenvalue weighted by atomic mass is 10.1. The van der Waals surface area contributed by atoms with Gasteiger partial charge in [0.15, 0.2) is 0 Å². The van der Waals surface area contributed by atoms with E-state index in [-0.39, 0.29) is 6.04 Å². The highest BCUT2D eigenvalue weighted by atomic mass is 16.5. The van der Waals surface area contributed by atoms with E-state index < -0.39 is 0 Å². The van der Waals surface area contributed by atoms with E-state index in [0.29, 0.717) is 6.61 Å². The lowest BCUT2D eigenvalue weighted by Gasteiger charge is -2.15. The Morgan fingerprint density at radius 2 is 2.07 bits per heavy atom. The zero-order valence-electron chi connectivity index (χ0n) is 9.28. The molecule has 0 spiro atoms. The van der Waals surface area contributed by atoms with Crippen LogP contribution in [0, 0.1) is 0 Å². The molecule has 1 aromatic carbocycles. The Balaban J connectivity index is 2.28. The van der Waals surface area contributed by atoms with Crippen LogP contribution in [0.15, 0.2) is 30.3 Å². The second kappa shape index (κ2) is 7.40. The minimum Gasteiger partial charge on any atom is -0.380 e.